The Hall–Kier alpha value is -0.360. The van der Waals surface area contributed by atoms with Crippen LogP contribution < -0.4 is 0 Å². The summed E-state index contributed by atoms with van der Waals surface area (Å²) in [5.41, 5.74) is 1.84. The molecule has 0 bridgehead atoms. The molecule has 0 aliphatic heterocycles. The van der Waals surface area contributed by atoms with Crippen molar-refractivity contribution < 1.29 is 46.0 Å². The molecule has 0 saturated heterocycles. The Morgan fingerprint density at radius 1 is 0.367 bits per heavy atom. The Kier molecular flexibility index (Phi) is 51.5. The van der Waals surface area contributed by atoms with E-state index in [9.17, 15) is 0 Å². The minimum absolute atomic E-state index is 0.0116. The quantitative estimate of drug-likeness (QED) is 0.0976. The van der Waals surface area contributed by atoms with Crippen LogP contribution in [0.3, 0.4) is 0 Å². The van der Waals surface area contributed by atoms with Crippen molar-refractivity contribution in [2.24, 2.45) is 55.7 Å². The van der Waals surface area contributed by atoms with E-state index < -0.39 is 12.2 Å². The van der Waals surface area contributed by atoms with Crippen molar-refractivity contribution in [3.05, 3.63) is 0 Å². The highest BCUT2D eigenvalue weighted by molar-refractivity contribution is 4.72. The van der Waals surface area contributed by atoms with Crippen molar-refractivity contribution in [2.75, 3.05) is 46.2 Å². The van der Waals surface area contributed by atoms with Gasteiger partial charge in [-0.15, -0.1) is 0 Å². The Bertz CT molecular complexity index is 813. The summed E-state index contributed by atoms with van der Waals surface area (Å²) < 4.78 is 0. The predicted molar refractivity (Wildman–Crippen MR) is 264 cm³/mol. The molecule has 0 aliphatic rings. The molecule has 0 saturated carbocycles. The Labute approximate surface area is 377 Å². The molecule has 376 valence electrons. The summed E-state index contributed by atoms with van der Waals surface area (Å²) >= 11 is 0. The van der Waals surface area contributed by atoms with E-state index >= 15 is 0 Å². The molecule has 0 rings (SSSR count). The number of hydrogen-bond donors (Lipinski definition) is 9. The van der Waals surface area contributed by atoms with Gasteiger partial charge in [-0.2, -0.15) is 0 Å². The van der Waals surface area contributed by atoms with E-state index in [1.54, 1.807) is 0 Å². The van der Waals surface area contributed by atoms with E-state index in [1.807, 2.05) is 41.5 Å². The molecule has 0 heterocycles. The first kappa shape index (κ1) is 76.9. The summed E-state index contributed by atoms with van der Waals surface area (Å²) in [6.07, 6.45) is 4.17. The van der Waals surface area contributed by atoms with Crippen molar-refractivity contribution in [1.29, 1.82) is 0 Å². The Morgan fingerprint density at radius 2 is 0.683 bits per heavy atom. The van der Waals surface area contributed by atoms with Gasteiger partial charge < -0.3 is 46.0 Å². The zero-order chi connectivity index (χ0) is 50.6. The summed E-state index contributed by atoms with van der Waals surface area (Å²) in [4.78, 5) is 0. The van der Waals surface area contributed by atoms with Crippen LogP contribution in [0.2, 0.25) is 0 Å². The van der Waals surface area contributed by atoms with Crippen LogP contribution in [0.5, 0.6) is 0 Å². The van der Waals surface area contributed by atoms with E-state index in [2.05, 4.69) is 138 Å². The van der Waals surface area contributed by atoms with Crippen LogP contribution in [0.25, 0.3) is 0 Å². The molecule has 0 aromatic carbocycles. The van der Waals surface area contributed by atoms with Crippen LogP contribution in [0.15, 0.2) is 0 Å². The second kappa shape index (κ2) is 40.2. The molecule has 9 heteroatoms. The van der Waals surface area contributed by atoms with Gasteiger partial charge in [0.25, 0.3) is 0 Å². The minimum Gasteiger partial charge on any atom is -0.396 e. The summed E-state index contributed by atoms with van der Waals surface area (Å²) in [7, 11) is 0. The van der Waals surface area contributed by atoms with E-state index in [1.165, 1.54) is 0 Å². The topological polar surface area (TPSA) is 182 Å². The highest BCUT2D eigenvalue weighted by Crippen LogP contribution is 2.25. The zero-order valence-corrected chi connectivity index (χ0v) is 45.6. The van der Waals surface area contributed by atoms with Crippen molar-refractivity contribution in [1.82, 2.24) is 0 Å². The van der Waals surface area contributed by atoms with Crippen molar-refractivity contribution in [3.63, 3.8) is 0 Å². The van der Waals surface area contributed by atoms with Crippen LogP contribution in [-0.2, 0) is 0 Å². The standard InChI is InChI=1S/C8H18O2.2C7H16O2.2C7H16O.C6H14O.C5H12.C4H10/c1-8(2,3)5-4-7(10)6-9;1-7(2,3)6(4-8)5-9;1-7(2,3)4-6(9)5-8;1-6(5-8)7(2,3)4;1-7(2,3)5-4-6-8;1-6(2,3)4-5-7;1-5(2,3)4;1-4(2)3/h7,9-10H,4-6H2,1-3H3;2*6,8-9H,4-5H2,1-3H3;6,8H,5H2,1-4H3;8H,4-6H2,1-3H3;7H,4-5H2,1-3H3;1-4H3;4H,1-3H3/t;;;6-;;;;/m...1..../s1. The normalized spacial score (nSPS) is 13.6. The van der Waals surface area contributed by atoms with Gasteiger partial charge in [0.05, 0.1) is 25.4 Å². The second-order valence-corrected chi connectivity index (χ2v) is 25.6. The van der Waals surface area contributed by atoms with Gasteiger partial charge in [-0.05, 0) is 88.3 Å². The molecule has 0 radical (unpaired) electrons. The maximum Gasteiger partial charge on any atom is 0.0775 e. The van der Waals surface area contributed by atoms with Crippen molar-refractivity contribution in [2.45, 2.75) is 231 Å². The third-order valence-electron chi connectivity index (χ3n) is 7.86. The number of hydrogen-bond acceptors (Lipinski definition) is 9. The van der Waals surface area contributed by atoms with Gasteiger partial charge in [-0.1, -0.05) is 180 Å². The maximum atomic E-state index is 8.97. The van der Waals surface area contributed by atoms with Gasteiger partial charge >= 0.3 is 0 Å². The Balaban J connectivity index is -0.0000000869. The van der Waals surface area contributed by atoms with E-state index in [0.717, 1.165) is 31.6 Å². The SMILES string of the molecule is CC(C)(C)C.CC(C)(C)C(CO)CO.CC(C)(C)CC(O)CO.CC(C)(C)CCC(O)CO.CC(C)(C)CCCO.CC(C)(C)CCO.CC(C)C.C[C@H](CO)C(C)(C)C. The van der Waals surface area contributed by atoms with Gasteiger partial charge in [0.1, 0.15) is 0 Å². The lowest BCUT2D eigenvalue weighted by molar-refractivity contribution is 0.0612. The van der Waals surface area contributed by atoms with Gasteiger partial charge in [0, 0.05) is 39.0 Å². The monoisotopic (exact) mass is 875 g/mol. The first-order valence-corrected chi connectivity index (χ1v) is 22.9. The average Bonchev–Trinajstić information content (AvgIpc) is 3.00. The molecule has 2 unspecified atom stereocenters. The first-order valence-electron chi connectivity index (χ1n) is 22.9. The molecular weight excluding hydrogens is 757 g/mol. The van der Waals surface area contributed by atoms with Crippen LogP contribution in [-0.4, -0.2) is 104 Å². The largest absolute Gasteiger partial charge is 0.396 e. The van der Waals surface area contributed by atoms with Crippen molar-refractivity contribution >= 4 is 0 Å². The minimum atomic E-state index is -0.551. The van der Waals surface area contributed by atoms with Gasteiger partial charge in [-0.3, -0.25) is 0 Å². The maximum absolute atomic E-state index is 8.97. The summed E-state index contributed by atoms with van der Waals surface area (Å²) in [5, 5.41) is 77.7. The molecule has 0 spiro atoms. The molecule has 0 aromatic heterocycles. The molecule has 0 amide bonds. The van der Waals surface area contributed by atoms with Crippen LogP contribution >= 0.6 is 0 Å². The predicted octanol–water partition coefficient (Wildman–Crippen LogP) is 11.2. The molecule has 0 aliphatic carbocycles. The van der Waals surface area contributed by atoms with E-state index in [-0.39, 0.29) is 54.0 Å². The summed E-state index contributed by atoms with van der Waals surface area (Å²) in [5.74, 6) is 1.25. The molecule has 0 fully saturated rings. The van der Waals surface area contributed by atoms with Crippen LogP contribution in [0.4, 0.5) is 0 Å². The number of aliphatic hydroxyl groups is 9. The lowest BCUT2D eigenvalue weighted by atomic mass is 9.82. The lowest BCUT2D eigenvalue weighted by Crippen LogP contribution is -2.26. The number of aliphatic hydroxyl groups excluding tert-OH is 9. The fourth-order valence-corrected chi connectivity index (χ4v) is 3.29. The molecule has 9 N–H and O–H groups in total. The third kappa shape index (κ3) is 107. The summed E-state index contributed by atoms with van der Waals surface area (Å²) in [6, 6.07) is 0. The lowest BCUT2D eigenvalue weighted by Gasteiger charge is -2.26. The van der Waals surface area contributed by atoms with Crippen molar-refractivity contribution in [3.8, 4) is 0 Å². The van der Waals surface area contributed by atoms with Gasteiger partial charge in [-0.25, -0.2) is 0 Å². The fraction of sp³-hybridized carbons (Fsp3) is 1.00. The summed E-state index contributed by atoms with van der Waals surface area (Å²) in [6.45, 7) is 55.9. The van der Waals surface area contributed by atoms with Gasteiger partial charge in [0.15, 0.2) is 0 Å². The number of rotatable bonds is 11. The zero-order valence-electron chi connectivity index (χ0n) is 45.6. The fourth-order valence-electron chi connectivity index (χ4n) is 3.29. The molecule has 0 aromatic rings. The van der Waals surface area contributed by atoms with Crippen LogP contribution in [0.1, 0.15) is 219 Å². The molecule has 3 atom stereocenters. The Morgan fingerprint density at radius 3 is 0.767 bits per heavy atom. The van der Waals surface area contributed by atoms with E-state index in [4.69, 9.17) is 46.0 Å². The van der Waals surface area contributed by atoms with E-state index in [0.29, 0.717) is 54.8 Å². The van der Waals surface area contributed by atoms with Crippen LogP contribution in [0, 0.1) is 55.7 Å². The third-order valence-corrected chi connectivity index (χ3v) is 7.86. The smallest absolute Gasteiger partial charge is 0.0775 e. The second-order valence-electron chi connectivity index (χ2n) is 25.6. The molecule has 60 heavy (non-hydrogen) atoms. The van der Waals surface area contributed by atoms with Gasteiger partial charge in [0.2, 0.25) is 0 Å². The highest BCUT2D eigenvalue weighted by Gasteiger charge is 2.22. The molecule has 9 nitrogen and oxygen atoms in total. The first-order chi connectivity index (χ1) is 26.3. The molecular formula is C51H118O9. The average molecular weight is 875 g/mol. The highest BCUT2D eigenvalue weighted by atomic mass is 16.3.